The van der Waals surface area contributed by atoms with E-state index in [1.807, 2.05) is 6.07 Å². The van der Waals surface area contributed by atoms with E-state index in [0.29, 0.717) is 24.4 Å². The van der Waals surface area contributed by atoms with Crippen molar-refractivity contribution in [2.24, 2.45) is 0 Å². The van der Waals surface area contributed by atoms with Gasteiger partial charge in [-0.2, -0.15) is 0 Å². The molecule has 1 aliphatic heterocycles. The first kappa shape index (κ1) is 17.4. The van der Waals surface area contributed by atoms with Crippen molar-refractivity contribution in [2.45, 2.75) is 57.5 Å². The summed E-state index contributed by atoms with van der Waals surface area (Å²) in [5.41, 5.74) is 2.46. The van der Waals surface area contributed by atoms with Crippen LogP contribution in [0.25, 0.3) is 0 Å². The molecule has 0 unspecified atom stereocenters. The molecule has 0 aromatic heterocycles. The van der Waals surface area contributed by atoms with Crippen molar-refractivity contribution >= 4 is 5.91 Å². The van der Waals surface area contributed by atoms with E-state index in [1.165, 1.54) is 24.0 Å². The minimum atomic E-state index is 0.176. The van der Waals surface area contributed by atoms with E-state index in [-0.39, 0.29) is 5.91 Å². The molecule has 0 spiro atoms. The molecule has 132 valence electrons. The van der Waals surface area contributed by atoms with Gasteiger partial charge in [0.2, 0.25) is 5.91 Å². The van der Waals surface area contributed by atoms with Gasteiger partial charge in [-0.1, -0.05) is 38.1 Å². The summed E-state index contributed by atoms with van der Waals surface area (Å²) in [6.07, 6.45) is 4.06. The number of rotatable bonds is 5. The van der Waals surface area contributed by atoms with Crippen molar-refractivity contribution in [1.29, 1.82) is 0 Å². The van der Waals surface area contributed by atoms with Crippen molar-refractivity contribution in [3.63, 3.8) is 0 Å². The average molecular weight is 329 g/mol. The summed E-state index contributed by atoms with van der Waals surface area (Å²) in [6, 6.07) is 9.18. The Labute approximate surface area is 146 Å². The molecule has 1 saturated carbocycles. The Morgan fingerprint density at radius 2 is 2.00 bits per heavy atom. The summed E-state index contributed by atoms with van der Waals surface area (Å²) in [7, 11) is 0. The van der Waals surface area contributed by atoms with Crippen molar-refractivity contribution in [2.75, 3.05) is 26.2 Å². The highest BCUT2D eigenvalue weighted by Gasteiger charge is 2.33. The zero-order chi connectivity index (χ0) is 16.9. The number of hydrogen-bond donors (Lipinski definition) is 2. The molecule has 4 heteroatoms. The molecular weight excluding hydrogens is 298 g/mol. The molecule has 1 aliphatic carbocycles. The molecule has 1 heterocycles. The smallest absolute Gasteiger partial charge is 0.224 e. The number of benzene rings is 1. The molecule has 4 nitrogen and oxygen atoms in total. The number of nitrogens with one attached hydrogen (secondary N) is 2. The Bertz CT molecular complexity index is 552. The molecule has 0 radical (unpaired) electrons. The first-order valence-electron chi connectivity index (χ1n) is 9.47. The fourth-order valence-corrected chi connectivity index (χ4v) is 4.25. The van der Waals surface area contributed by atoms with E-state index in [9.17, 15) is 4.79 Å². The maximum atomic E-state index is 12.6. The lowest BCUT2D eigenvalue weighted by Gasteiger charge is -2.36. The maximum absolute atomic E-state index is 12.6. The molecule has 2 atom stereocenters. The fraction of sp³-hybridized carbons (Fsp3) is 0.650. The van der Waals surface area contributed by atoms with Crippen LogP contribution in [0.4, 0.5) is 0 Å². The van der Waals surface area contributed by atoms with E-state index < -0.39 is 0 Å². The highest BCUT2D eigenvalue weighted by atomic mass is 16.1. The van der Waals surface area contributed by atoms with Crippen LogP contribution in [0.2, 0.25) is 0 Å². The molecule has 2 N–H and O–H groups in total. The highest BCUT2D eigenvalue weighted by Crippen LogP contribution is 2.25. The van der Waals surface area contributed by atoms with Crippen LogP contribution in [0.3, 0.4) is 0 Å². The lowest BCUT2D eigenvalue weighted by molar-refractivity contribution is -0.121. The molecule has 1 aromatic rings. The minimum absolute atomic E-state index is 0.176. The van der Waals surface area contributed by atoms with Gasteiger partial charge in [-0.05, 0) is 36.3 Å². The maximum Gasteiger partial charge on any atom is 0.224 e. The van der Waals surface area contributed by atoms with E-state index >= 15 is 0 Å². The molecule has 3 rings (SSSR count). The summed E-state index contributed by atoms with van der Waals surface area (Å²) in [5, 5.41) is 6.75. The second kappa shape index (κ2) is 8.13. The van der Waals surface area contributed by atoms with Gasteiger partial charge in [0.05, 0.1) is 6.42 Å². The Morgan fingerprint density at radius 1 is 1.25 bits per heavy atom. The van der Waals surface area contributed by atoms with Gasteiger partial charge >= 0.3 is 0 Å². The van der Waals surface area contributed by atoms with Gasteiger partial charge in [0.1, 0.15) is 0 Å². The SMILES string of the molecule is CC(C)c1ccccc1CC(=O)N[C@@H]1CCC[C@@H]1N1CCNCC1. The summed E-state index contributed by atoms with van der Waals surface area (Å²) < 4.78 is 0. The topological polar surface area (TPSA) is 44.4 Å². The van der Waals surface area contributed by atoms with Gasteiger partial charge in [-0.25, -0.2) is 0 Å². The van der Waals surface area contributed by atoms with Crippen LogP contribution < -0.4 is 10.6 Å². The third-order valence-corrected chi connectivity index (χ3v) is 5.47. The Kier molecular flexibility index (Phi) is 5.90. The van der Waals surface area contributed by atoms with Gasteiger partial charge in [0.15, 0.2) is 0 Å². The number of carbonyl (C=O) groups excluding carboxylic acids is 1. The first-order chi connectivity index (χ1) is 11.6. The van der Waals surface area contributed by atoms with E-state index in [0.717, 1.165) is 32.6 Å². The Morgan fingerprint density at radius 3 is 2.75 bits per heavy atom. The third kappa shape index (κ3) is 4.17. The predicted octanol–water partition coefficient (Wildman–Crippen LogP) is 2.29. The molecule has 1 amide bonds. The number of nitrogens with zero attached hydrogens (tertiary/aromatic N) is 1. The van der Waals surface area contributed by atoms with Crippen LogP contribution in [-0.4, -0.2) is 49.1 Å². The van der Waals surface area contributed by atoms with Crippen LogP contribution in [0, 0.1) is 0 Å². The lowest BCUT2D eigenvalue weighted by Crippen LogP contribution is -2.54. The van der Waals surface area contributed by atoms with Crippen molar-refractivity contribution in [1.82, 2.24) is 15.5 Å². The molecule has 2 aliphatic rings. The average Bonchev–Trinajstić information content (AvgIpc) is 3.04. The molecule has 1 aromatic carbocycles. The van der Waals surface area contributed by atoms with E-state index in [1.54, 1.807) is 0 Å². The quantitative estimate of drug-likeness (QED) is 0.871. The van der Waals surface area contributed by atoms with Crippen LogP contribution in [-0.2, 0) is 11.2 Å². The van der Waals surface area contributed by atoms with Crippen molar-refractivity contribution in [3.05, 3.63) is 35.4 Å². The summed E-state index contributed by atoms with van der Waals surface area (Å²) >= 11 is 0. The van der Waals surface area contributed by atoms with Gasteiger partial charge in [0.25, 0.3) is 0 Å². The van der Waals surface area contributed by atoms with Gasteiger partial charge < -0.3 is 10.6 Å². The number of carbonyl (C=O) groups is 1. The molecule has 2 fully saturated rings. The predicted molar refractivity (Wildman–Crippen MR) is 98.2 cm³/mol. The second-order valence-corrected chi connectivity index (χ2v) is 7.49. The van der Waals surface area contributed by atoms with Crippen LogP contribution >= 0.6 is 0 Å². The largest absolute Gasteiger partial charge is 0.352 e. The zero-order valence-corrected chi connectivity index (χ0v) is 15.1. The second-order valence-electron chi connectivity index (χ2n) is 7.49. The number of amides is 1. The summed E-state index contributed by atoms with van der Waals surface area (Å²) in [5.74, 6) is 0.629. The zero-order valence-electron chi connectivity index (χ0n) is 15.1. The molecule has 1 saturated heterocycles. The normalized spacial score (nSPS) is 25.1. The van der Waals surface area contributed by atoms with E-state index in [2.05, 4.69) is 47.6 Å². The first-order valence-corrected chi connectivity index (χ1v) is 9.47. The van der Waals surface area contributed by atoms with Crippen LogP contribution in [0.1, 0.15) is 50.2 Å². The lowest BCUT2D eigenvalue weighted by atomic mass is 9.95. The third-order valence-electron chi connectivity index (χ3n) is 5.47. The molecule has 0 bridgehead atoms. The van der Waals surface area contributed by atoms with Crippen LogP contribution in [0.5, 0.6) is 0 Å². The van der Waals surface area contributed by atoms with Gasteiger partial charge in [0, 0.05) is 38.3 Å². The number of piperazine rings is 1. The Balaban J connectivity index is 1.60. The monoisotopic (exact) mass is 329 g/mol. The number of hydrogen-bond acceptors (Lipinski definition) is 3. The fourth-order valence-electron chi connectivity index (χ4n) is 4.25. The van der Waals surface area contributed by atoms with Crippen molar-refractivity contribution in [3.8, 4) is 0 Å². The van der Waals surface area contributed by atoms with Crippen molar-refractivity contribution < 1.29 is 4.79 Å². The molecular formula is C20H31N3O. The van der Waals surface area contributed by atoms with Crippen LogP contribution in [0.15, 0.2) is 24.3 Å². The van der Waals surface area contributed by atoms with Gasteiger partial charge in [-0.15, -0.1) is 0 Å². The molecule has 24 heavy (non-hydrogen) atoms. The Hall–Kier alpha value is -1.39. The standard InChI is InChI=1S/C20H31N3O/c1-15(2)17-7-4-3-6-16(17)14-20(24)22-18-8-5-9-19(18)23-12-10-21-11-13-23/h3-4,6-7,15,18-19,21H,5,8-14H2,1-2H3,(H,22,24)/t18-,19+/m1/s1. The summed E-state index contributed by atoms with van der Waals surface area (Å²) in [6.45, 7) is 8.72. The minimum Gasteiger partial charge on any atom is -0.352 e. The van der Waals surface area contributed by atoms with Gasteiger partial charge in [-0.3, -0.25) is 9.69 Å². The van der Waals surface area contributed by atoms with E-state index in [4.69, 9.17) is 0 Å². The highest BCUT2D eigenvalue weighted by molar-refractivity contribution is 5.79. The summed E-state index contributed by atoms with van der Waals surface area (Å²) in [4.78, 5) is 15.2.